The van der Waals surface area contributed by atoms with Crippen molar-refractivity contribution >= 4 is 15.9 Å². The first-order valence-electron chi connectivity index (χ1n) is 8.68. The maximum absolute atomic E-state index is 12.8. The quantitative estimate of drug-likeness (QED) is 0.805. The molecule has 1 fully saturated rings. The van der Waals surface area contributed by atoms with Gasteiger partial charge in [0.25, 0.3) is 5.91 Å². The van der Waals surface area contributed by atoms with Gasteiger partial charge in [-0.15, -0.1) is 0 Å². The Labute approximate surface area is 148 Å². The summed E-state index contributed by atoms with van der Waals surface area (Å²) in [5, 5.41) is 0. The monoisotopic (exact) mass is 368 g/mol. The zero-order valence-corrected chi connectivity index (χ0v) is 15.3. The molecule has 0 saturated carbocycles. The van der Waals surface area contributed by atoms with E-state index in [1.807, 2.05) is 0 Å². The summed E-state index contributed by atoms with van der Waals surface area (Å²) in [5.74, 6) is 1.23. The molecule has 2 heterocycles. The molecular weight excluding hydrogens is 344 g/mol. The summed E-state index contributed by atoms with van der Waals surface area (Å²) in [7, 11) is -3.22. The normalized spacial score (nSPS) is 19.2. The summed E-state index contributed by atoms with van der Waals surface area (Å²) >= 11 is 0. The van der Waals surface area contributed by atoms with Crippen LogP contribution in [0.3, 0.4) is 0 Å². The van der Waals surface area contributed by atoms with Gasteiger partial charge < -0.3 is 14.4 Å². The van der Waals surface area contributed by atoms with E-state index in [-0.39, 0.29) is 11.7 Å². The predicted molar refractivity (Wildman–Crippen MR) is 93.6 cm³/mol. The topological polar surface area (TPSA) is 76.2 Å². The van der Waals surface area contributed by atoms with Crippen molar-refractivity contribution < 1.29 is 22.7 Å². The van der Waals surface area contributed by atoms with E-state index >= 15 is 0 Å². The third-order valence-electron chi connectivity index (χ3n) is 4.49. The number of fused-ring (bicyclic) bond motifs is 1. The first-order chi connectivity index (χ1) is 12.0. The molecule has 1 saturated heterocycles. The largest absolute Gasteiger partial charge is 0.490 e. The number of benzene rings is 1. The van der Waals surface area contributed by atoms with Crippen LogP contribution in [0.5, 0.6) is 11.5 Å². The second kappa shape index (κ2) is 7.61. The maximum Gasteiger partial charge on any atom is 0.254 e. The number of hydrogen-bond acceptors (Lipinski definition) is 5. The molecule has 1 amide bonds. The van der Waals surface area contributed by atoms with E-state index in [4.69, 9.17) is 9.47 Å². The number of carbonyl (C=O) groups excluding carboxylic acids is 1. The number of nitrogens with zero attached hydrogens (tertiary/aromatic N) is 2. The highest BCUT2D eigenvalue weighted by Crippen LogP contribution is 2.31. The molecule has 0 bridgehead atoms. The van der Waals surface area contributed by atoms with Gasteiger partial charge in [-0.1, -0.05) is 0 Å². The van der Waals surface area contributed by atoms with Crippen LogP contribution in [0.1, 0.15) is 30.1 Å². The van der Waals surface area contributed by atoms with Crippen molar-refractivity contribution in [2.45, 2.75) is 19.8 Å². The Balaban J connectivity index is 1.72. The van der Waals surface area contributed by atoms with Gasteiger partial charge in [0.05, 0.1) is 19.0 Å². The Kier molecular flexibility index (Phi) is 5.48. The minimum Gasteiger partial charge on any atom is -0.490 e. The van der Waals surface area contributed by atoms with Gasteiger partial charge in [0.2, 0.25) is 10.0 Å². The molecule has 2 aliphatic heterocycles. The second-order valence-corrected chi connectivity index (χ2v) is 8.41. The highest BCUT2D eigenvalue weighted by molar-refractivity contribution is 7.89. The fraction of sp³-hybridized carbons (Fsp3) is 0.588. The van der Waals surface area contributed by atoms with Crippen LogP contribution in [0.4, 0.5) is 0 Å². The Morgan fingerprint density at radius 3 is 2.56 bits per heavy atom. The Hall–Kier alpha value is -1.80. The molecule has 25 heavy (non-hydrogen) atoms. The number of sulfonamides is 1. The van der Waals surface area contributed by atoms with E-state index in [9.17, 15) is 13.2 Å². The fourth-order valence-electron chi connectivity index (χ4n) is 3.04. The third-order valence-corrected chi connectivity index (χ3v) is 6.38. The van der Waals surface area contributed by atoms with Crippen molar-refractivity contribution in [3.63, 3.8) is 0 Å². The van der Waals surface area contributed by atoms with Crippen molar-refractivity contribution in [2.75, 3.05) is 45.1 Å². The molecule has 0 radical (unpaired) electrons. The van der Waals surface area contributed by atoms with Crippen LogP contribution in [0, 0.1) is 0 Å². The average Bonchev–Trinajstić information content (AvgIpc) is 3.01. The summed E-state index contributed by atoms with van der Waals surface area (Å²) in [6, 6.07) is 5.22. The number of rotatable bonds is 3. The van der Waals surface area contributed by atoms with Crippen molar-refractivity contribution in [1.82, 2.24) is 9.21 Å². The Morgan fingerprint density at radius 1 is 1.04 bits per heavy atom. The van der Waals surface area contributed by atoms with E-state index in [0.29, 0.717) is 62.9 Å². The van der Waals surface area contributed by atoms with Gasteiger partial charge >= 0.3 is 0 Å². The third kappa shape index (κ3) is 4.07. The van der Waals surface area contributed by atoms with Gasteiger partial charge in [-0.2, -0.15) is 0 Å². The highest BCUT2D eigenvalue weighted by Gasteiger charge is 2.26. The van der Waals surface area contributed by atoms with E-state index in [1.54, 1.807) is 30.0 Å². The molecule has 0 spiro atoms. The fourth-order valence-corrected chi connectivity index (χ4v) is 4.17. The zero-order chi connectivity index (χ0) is 17.9. The van der Waals surface area contributed by atoms with E-state index in [0.717, 1.165) is 6.42 Å². The predicted octanol–water partition coefficient (Wildman–Crippen LogP) is 1.35. The van der Waals surface area contributed by atoms with Gasteiger partial charge in [-0.05, 0) is 31.5 Å². The molecule has 0 N–H and O–H groups in total. The molecule has 138 valence electrons. The van der Waals surface area contributed by atoms with E-state index in [2.05, 4.69) is 0 Å². The van der Waals surface area contributed by atoms with Gasteiger partial charge in [0, 0.05) is 38.2 Å². The molecule has 2 aliphatic rings. The van der Waals surface area contributed by atoms with Crippen molar-refractivity contribution in [3.8, 4) is 11.5 Å². The first-order valence-corrected chi connectivity index (χ1v) is 10.3. The first kappa shape index (κ1) is 18.0. The molecule has 0 aromatic heterocycles. The lowest BCUT2D eigenvalue weighted by Gasteiger charge is -2.22. The summed E-state index contributed by atoms with van der Waals surface area (Å²) in [4.78, 5) is 14.5. The number of hydrogen-bond donors (Lipinski definition) is 0. The van der Waals surface area contributed by atoms with Gasteiger partial charge in [0.1, 0.15) is 0 Å². The summed E-state index contributed by atoms with van der Waals surface area (Å²) < 4.78 is 36.8. The summed E-state index contributed by atoms with van der Waals surface area (Å²) in [6.07, 6.45) is 1.45. The van der Waals surface area contributed by atoms with Crippen LogP contribution in [0.2, 0.25) is 0 Å². The molecule has 1 aromatic carbocycles. The zero-order valence-electron chi connectivity index (χ0n) is 14.4. The average molecular weight is 368 g/mol. The lowest BCUT2D eigenvalue weighted by atomic mass is 10.1. The SMILES string of the molecule is CCS(=O)(=O)N1CCCN(C(=O)c2ccc3c(c2)OCCCO3)CC1. The Morgan fingerprint density at radius 2 is 1.80 bits per heavy atom. The lowest BCUT2D eigenvalue weighted by molar-refractivity contribution is 0.0764. The van der Waals surface area contributed by atoms with Crippen LogP contribution in [-0.4, -0.2) is 68.7 Å². The van der Waals surface area contributed by atoms with Crippen LogP contribution in [-0.2, 0) is 10.0 Å². The summed E-state index contributed by atoms with van der Waals surface area (Å²) in [5.41, 5.74) is 0.538. The molecule has 0 atom stereocenters. The maximum atomic E-state index is 12.8. The Bertz CT molecular complexity index is 735. The van der Waals surface area contributed by atoms with E-state index in [1.165, 1.54) is 4.31 Å². The van der Waals surface area contributed by atoms with Crippen molar-refractivity contribution in [2.24, 2.45) is 0 Å². The number of amides is 1. The highest BCUT2D eigenvalue weighted by atomic mass is 32.2. The molecule has 0 unspecified atom stereocenters. The van der Waals surface area contributed by atoms with Crippen LogP contribution in [0.25, 0.3) is 0 Å². The van der Waals surface area contributed by atoms with Crippen LogP contribution >= 0.6 is 0 Å². The molecular formula is C17H24N2O5S. The molecule has 0 aliphatic carbocycles. The lowest BCUT2D eigenvalue weighted by Crippen LogP contribution is -2.37. The van der Waals surface area contributed by atoms with Crippen molar-refractivity contribution in [3.05, 3.63) is 23.8 Å². The second-order valence-electron chi connectivity index (χ2n) is 6.16. The van der Waals surface area contributed by atoms with Gasteiger partial charge in [-0.3, -0.25) is 4.79 Å². The summed E-state index contributed by atoms with van der Waals surface area (Å²) in [6.45, 7) is 4.55. The van der Waals surface area contributed by atoms with Crippen LogP contribution < -0.4 is 9.47 Å². The van der Waals surface area contributed by atoms with Gasteiger partial charge in [0.15, 0.2) is 11.5 Å². The number of ether oxygens (including phenoxy) is 2. The standard InChI is InChI=1S/C17H24N2O5S/c1-2-25(21,22)19-8-3-7-18(9-10-19)17(20)14-5-6-15-16(13-14)24-12-4-11-23-15/h5-6,13H,2-4,7-12H2,1H3. The van der Waals surface area contributed by atoms with E-state index < -0.39 is 10.0 Å². The smallest absolute Gasteiger partial charge is 0.254 e. The minimum absolute atomic E-state index is 0.0864. The van der Waals surface area contributed by atoms with Crippen molar-refractivity contribution in [1.29, 1.82) is 0 Å². The molecule has 8 heteroatoms. The number of carbonyl (C=O) groups is 1. The van der Waals surface area contributed by atoms with Gasteiger partial charge in [-0.25, -0.2) is 12.7 Å². The van der Waals surface area contributed by atoms with Crippen LogP contribution in [0.15, 0.2) is 18.2 Å². The molecule has 7 nitrogen and oxygen atoms in total. The minimum atomic E-state index is -3.22. The molecule has 1 aromatic rings. The molecule has 3 rings (SSSR count).